The van der Waals surface area contributed by atoms with Gasteiger partial charge in [0.25, 0.3) is 0 Å². The summed E-state index contributed by atoms with van der Waals surface area (Å²) < 4.78 is 0. The van der Waals surface area contributed by atoms with Crippen LogP contribution < -0.4 is 4.90 Å². The molecule has 1 aromatic rings. The smallest absolute Gasteiger partial charge is 0.0474 e. The Balaban J connectivity index is 2.16. The summed E-state index contributed by atoms with van der Waals surface area (Å²) in [4.78, 5) is 2.54. The zero-order chi connectivity index (χ0) is 11.5. The molecule has 1 nitrogen and oxygen atoms in total. The first-order valence-electron chi connectivity index (χ1n) is 6.14. The zero-order valence-corrected chi connectivity index (χ0v) is 10.9. The van der Waals surface area contributed by atoms with Crippen molar-refractivity contribution in [3.63, 3.8) is 0 Å². The zero-order valence-electron chi connectivity index (χ0n) is 10.1. The molecule has 0 spiro atoms. The standard InChI is InChI=1S/C14H20ClN/c1-11(2)14-4-3-9-16(14)13-7-5-12(10-15)6-8-13/h5-8,11,14H,3-4,9-10H2,1-2H3. The third-order valence-corrected chi connectivity index (χ3v) is 3.80. The van der Waals surface area contributed by atoms with Crippen LogP contribution in [0.1, 0.15) is 32.3 Å². The third-order valence-electron chi connectivity index (χ3n) is 3.49. The SMILES string of the molecule is CC(C)C1CCCN1c1ccc(CCl)cc1. The molecular formula is C14H20ClN. The maximum atomic E-state index is 5.80. The summed E-state index contributed by atoms with van der Waals surface area (Å²) in [5.74, 6) is 1.34. The maximum absolute atomic E-state index is 5.80. The van der Waals surface area contributed by atoms with Crippen molar-refractivity contribution in [3.8, 4) is 0 Å². The summed E-state index contributed by atoms with van der Waals surface area (Å²) in [6.45, 7) is 5.83. The predicted molar refractivity (Wildman–Crippen MR) is 71.2 cm³/mol. The molecule has 0 N–H and O–H groups in total. The lowest BCUT2D eigenvalue weighted by Gasteiger charge is -2.29. The first kappa shape index (κ1) is 11.8. The lowest BCUT2D eigenvalue weighted by molar-refractivity contribution is 0.492. The van der Waals surface area contributed by atoms with E-state index in [1.165, 1.54) is 30.6 Å². The fourth-order valence-electron chi connectivity index (χ4n) is 2.58. The van der Waals surface area contributed by atoms with Gasteiger partial charge in [0.05, 0.1) is 0 Å². The van der Waals surface area contributed by atoms with E-state index in [1.54, 1.807) is 0 Å². The number of anilines is 1. The van der Waals surface area contributed by atoms with Crippen LogP contribution in [0.15, 0.2) is 24.3 Å². The van der Waals surface area contributed by atoms with Crippen LogP contribution in [0.5, 0.6) is 0 Å². The molecular weight excluding hydrogens is 218 g/mol. The Morgan fingerprint density at radius 2 is 2.00 bits per heavy atom. The molecule has 0 bridgehead atoms. The average molecular weight is 238 g/mol. The van der Waals surface area contributed by atoms with Crippen molar-refractivity contribution in [2.75, 3.05) is 11.4 Å². The van der Waals surface area contributed by atoms with Gasteiger partial charge in [-0.1, -0.05) is 26.0 Å². The van der Waals surface area contributed by atoms with Crippen molar-refractivity contribution >= 4 is 17.3 Å². The molecule has 0 radical (unpaired) electrons. The van der Waals surface area contributed by atoms with Gasteiger partial charge in [-0.15, -0.1) is 11.6 Å². The maximum Gasteiger partial charge on any atom is 0.0474 e. The number of halogens is 1. The monoisotopic (exact) mass is 237 g/mol. The van der Waals surface area contributed by atoms with Crippen molar-refractivity contribution in [2.24, 2.45) is 5.92 Å². The number of hydrogen-bond donors (Lipinski definition) is 0. The van der Waals surface area contributed by atoms with E-state index in [0.717, 1.165) is 5.92 Å². The van der Waals surface area contributed by atoms with E-state index < -0.39 is 0 Å². The van der Waals surface area contributed by atoms with Crippen molar-refractivity contribution in [2.45, 2.75) is 38.6 Å². The van der Waals surface area contributed by atoms with Crippen LogP contribution in [-0.2, 0) is 5.88 Å². The van der Waals surface area contributed by atoms with Gasteiger partial charge < -0.3 is 4.90 Å². The molecule has 0 saturated carbocycles. The van der Waals surface area contributed by atoms with Crippen LogP contribution in [0, 0.1) is 5.92 Å². The van der Waals surface area contributed by atoms with E-state index in [0.29, 0.717) is 11.9 Å². The number of benzene rings is 1. The van der Waals surface area contributed by atoms with Crippen LogP contribution in [0.25, 0.3) is 0 Å². The van der Waals surface area contributed by atoms with E-state index in [2.05, 4.69) is 43.0 Å². The molecule has 88 valence electrons. The second kappa shape index (κ2) is 5.09. The van der Waals surface area contributed by atoms with Crippen molar-refractivity contribution in [3.05, 3.63) is 29.8 Å². The molecule has 1 aliphatic heterocycles. The number of alkyl halides is 1. The minimum atomic E-state index is 0.605. The number of hydrogen-bond acceptors (Lipinski definition) is 1. The summed E-state index contributed by atoms with van der Waals surface area (Å²) in [6.07, 6.45) is 2.65. The molecule has 0 aliphatic carbocycles. The van der Waals surface area contributed by atoms with E-state index in [4.69, 9.17) is 11.6 Å². The predicted octanol–water partition coefficient (Wildman–Crippen LogP) is 4.05. The van der Waals surface area contributed by atoms with Gasteiger partial charge in [-0.3, -0.25) is 0 Å². The van der Waals surface area contributed by atoms with Gasteiger partial charge in [-0.25, -0.2) is 0 Å². The Morgan fingerprint density at radius 3 is 2.56 bits per heavy atom. The number of rotatable bonds is 3. The molecule has 2 rings (SSSR count). The van der Waals surface area contributed by atoms with Gasteiger partial charge in [0.2, 0.25) is 0 Å². The van der Waals surface area contributed by atoms with Gasteiger partial charge in [-0.05, 0) is 36.5 Å². The first-order chi connectivity index (χ1) is 7.72. The molecule has 1 heterocycles. The van der Waals surface area contributed by atoms with Crippen molar-refractivity contribution in [1.29, 1.82) is 0 Å². The highest BCUT2D eigenvalue weighted by molar-refractivity contribution is 6.17. The minimum Gasteiger partial charge on any atom is -0.368 e. The summed E-state index contributed by atoms with van der Waals surface area (Å²) in [7, 11) is 0. The largest absolute Gasteiger partial charge is 0.368 e. The molecule has 1 fully saturated rings. The van der Waals surface area contributed by atoms with Crippen molar-refractivity contribution in [1.82, 2.24) is 0 Å². The van der Waals surface area contributed by atoms with Crippen molar-refractivity contribution < 1.29 is 0 Å². The topological polar surface area (TPSA) is 3.24 Å². The number of nitrogens with zero attached hydrogens (tertiary/aromatic N) is 1. The minimum absolute atomic E-state index is 0.605. The fourth-order valence-corrected chi connectivity index (χ4v) is 2.76. The van der Waals surface area contributed by atoms with Crippen LogP contribution >= 0.6 is 11.6 Å². The molecule has 1 unspecified atom stereocenters. The van der Waals surface area contributed by atoms with Gasteiger partial charge in [0.15, 0.2) is 0 Å². The Hall–Kier alpha value is -0.690. The van der Waals surface area contributed by atoms with Crippen LogP contribution in [-0.4, -0.2) is 12.6 Å². The lowest BCUT2D eigenvalue weighted by Crippen LogP contribution is -2.33. The highest BCUT2D eigenvalue weighted by atomic mass is 35.5. The molecule has 2 heteroatoms. The molecule has 1 aliphatic rings. The molecule has 1 atom stereocenters. The molecule has 1 saturated heterocycles. The Bertz CT molecular complexity index is 331. The normalized spacial score (nSPS) is 20.8. The van der Waals surface area contributed by atoms with Gasteiger partial charge in [0.1, 0.15) is 0 Å². The van der Waals surface area contributed by atoms with Crippen LogP contribution in [0.3, 0.4) is 0 Å². The van der Waals surface area contributed by atoms with Gasteiger partial charge in [0, 0.05) is 24.2 Å². The van der Waals surface area contributed by atoms with E-state index >= 15 is 0 Å². The van der Waals surface area contributed by atoms with Crippen LogP contribution in [0.2, 0.25) is 0 Å². The first-order valence-corrected chi connectivity index (χ1v) is 6.67. The van der Waals surface area contributed by atoms with Gasteiger partial charge in [-0.2, -0.15) is 0 Å². The lowest BCUT2D eigenvalue weighted by atomic mass is 10.0. The Kier molecular flexibility index (Phi) is 3.75. The highest BCUT2D eigenvalue weighted by Crippen LogP contribution is 2.29. The average Bonchev–Trinajstić information content (AvgIpc) is 2.78. The Labute approximate surface area is 103 Å². The highest BCUT2D eigenvalue weighted by Gasteiger charge is 2.26. The Morgan fingerprint density at radius 1 is 1.31 bits per heavy atom. The second-order valence-corrected chi connectivity index (χ2v) is 5.21. The summed E-state index contributed by atoms with van der Waals surface area (Å²) in [5, 5.41) is 0. The second-order valence-electron chi connectivity index (χ2n) is 4.95. The molecule has 0 amide bonds. The van der Waals surface area contributed by atoms with E-state index in [-0.39, 0.29) is 0 Å². The quantitative estimate of drug-likeness (QED) is 0.717. The summed E-state index contributed by atoms with van der Waals surface area (Å²) in [6, 6.07) is 9.40. The molecule has 1 aromatic carbocycles. The third kappa shape index (κ3) is 2.35. The summed E-state index contributed by atoms with van der Waals surface area (Å²) >= 11 is 5.80. The summed E-state index contributed by atoms with van der Waals surface area (Å²) in [5.41, 5.74) is 2.55. The van der Waals surface area contributed by atoms with E-state index in [9.17, 15) is 0 Å². The van der Waals surface area contributed by atoms with Crippen LogP contribution in [0.4, 0.5) is 5.69 Å². The van der Waals surface area contributed by atoms with Gasteiger partial charge >= 0.3 is 0 Å². The van der Waals surface area contributed by atoms with E-state index in [1.807, 2.05) is 0 Å². The fraction of sp³-hybridized carbons (Fsp3) is 0.571. The molecule has 0 aromatic heterocycles. The molecule has 16 heavy (non-hydrogen) atoms.